The van der Waals surface area contributed by atoms with Crippen LogP contribution in [0, 0.1) is 13.8 Å². The van der Waals surface area contributed by atoms with E-state index in [1.165, 1.54) is 0 Å². The lowest BCUT2D eigenvalue weighted by Crippen LogP contribution is -2.10. The van der Waals surface area contributed by atoms with Crippen molar-refractivity contribution in [2.24, 2.45) is 0 Å². The molecule has 1 atom stereocenters. The Kier molecular flexibility index (Phi) is 4.79. The smallest absolute Gasteiger partial charge is 0.150 e. The number of carbonyl (C=O) groups is 1. The fourth-order valence-corrected chi connectivity index (χ4v) is 2.31. The molecular formula is C19H22O2. The van der Waals surface area contributed by atoms with E-state index in [0.29, 0.717) is 5.56 Å². The molecule has 1 unspecified atom stereocenters. The van der Waals surface area contributed by atoms with Crippen LogP contribution in [-0.2, 0) is 0 Å². The van der Waals surface area contributed by atoms with Gasteiger partial charge in [0.2, 0.25) is 0 Å². The first-order chi connectivity index (χ1) is 10.0. The molecule has 0 spiro atoms. The molecule has 0 fully saturated rings. The second-order valence-electron chi connectivity index (χ2n) is 5.57. The number of benzene rings is 2. The van der Waals surface area contributed by atoms with Gasteiger partial charge in [-0.05, 0) is 73.7 Å². The SMILES string of the molecule is CCC(C)Oc1ccc(-c2cc(C)cc(C=O)c2)cc1C. The van der Waals surface area contributed by atoms with Gasteiger partial charge < -0.3 is 4.74 Å². The van der Waals surface area contributed by atoms with Crippen molar-refractivity contribution >= 4 is 6.29 Å². The van der Waals surface area contributed by atoms with Crippen molar-refractivity contribution < 1.29 is 9.53 Å². The van der Waals surface area contributed by atoms with Crippen LogP contribution in [-0.4, -0.2) is 12.4 Å². The minimum absolute atomic E-state index is 0.218. The summed E-state index contributed by atoms with van der Waals surface area (Å²) in [5, 5.41) is 0. The molecule has 2 aromatic rings. The Morgan fingerprint density at radius 2 is 1.86 bits per heavy atom. The molecule has 0 aliphatic carbocycles. The van der Waals surface area contributed by atoms with Gasteiger partial charge in [-0.3, -0.25) is 4.79 Å². The van der Waals surface area contributed by atoms with Gasteiger partial charge in [0.1, 0.15) is 12.0 Å². The zero-order chi connectivity index (χ0) is 15.4. The Labute approximate surface area is 126 Å². The predicted molar refractivity (Wildman–Crippen MR) is 87.1 cm³/mol. The van der Waals surface area contributed by atoms with Crippen molar-refractivity contribution in [1.82, 2.24) is 0 Å². The topological polar surface area (TPSA) is 26.3 Å². The Morgan fingerprint density at radius 3 is 2.48 bits per heavy atom. The molecule has 0 radical (unpaired) electrons. The minimum atomic E-state index is 0.218. The average Bonchev–Trinajstić information content (AvgIpc) is 2.48. The second-order valence-corrected chi connectivity index (χ2v) is 5.57. The van der Waals surface area contributed by atoms with Gasteiger partial charge in [0.05, 0.1) is 6.10 Å². The molecule has 0 aliphatic rings. The minimum Gasteiger partial charge on any atom is -0.490 e. The Hall–Kier alpha value is -2.09. The van der Waals surface area contributed by atoms with Crippen molar-refractivity contribution in [3.05, 3.63) is 53.1 Å². The fraction of sp³-hybridized carbons (Fsp3) is 0.316. The highest BCUT2D eigenvalue weighted by Crippen LogP contribution is 2.28. The fourth-order valence-electron chi connectivity index (χ4n) is 2.31. The molecule has 0 saturated heterocycles. The van der Waals surface area contributed by atoms with E-state index in [4.69, 9.17) is 4.74 Å². The van der Waals surface area contributed by atoms with E-state index in [1.54, 1.807) is 0 Å². The number of aldehydes is 1. The standard InChI is InChI=1S/C19H22O2/c1-5-15(4)21-19-7-6-17(10-14(19)3)18-9-13(2)8-16(11-18)12-20/h6-12,15H,5H2,1-4H3. The summed E-state index contributed by atoms with van der Waals surface area (Å²) in [7, 11) is 0. The van der Waals surface area contributed by atoms with Gasteiger partial charge in [-0.25, -0.2) is 0 Å². The zero-order valence-corrected chi connectivity index (χ0v) is 13.1. The molecule has 2 aromatic carbocycles. The maximum atomic E-state index is 11.0. The normalized spacial score (nSPS) is 12.0. The van der Waals surface area contributed by atoms with Crippen LogP contribution in [0.1, 0.15) is 41.8 Å². The summed E-state index contributed by atoms with van der Waals surface area (Å²) in [5.41, 5.74) is 5.09. The Balaban J connectivity index is 2.35. The third-order valence-corrected chi connectivity index (χ3v) is 3.65. The largest absolute Gasteiger partial charge is 0.490 e. The van der Waals surface area contributed by atoms with Crippen LogP contribution in [0.5, 0.6) is 5.75 Å². The molecule has 0 heterocycles. The lowest BCUT2D eigenvalue weighted by atomic mass is 9.99. The van der Waals surface area contributed by atoms with Crippen molar-refractivity contribution in [3.8, 4) is 16.9 Å². The molecule has 21 heavy (non-hydrogen) atoms. The van der Waals surface area contributed by atoms with E-state index in [9.17, 15) is 4.79 Å². The molecule has 0 aromatic heterocycles. The number of rotatable bonds is 5. The number of hydrogen-bond donors (Lipinski definition) is 0. The molecule has 2 nitrogen and oxygen atoms in total. The third-order valence-electron chi connectivity index (χ3n) is 3.65. The molecular weight excluding hydrogens is 260 g/mol. The first-order valence-corrected chi connectivity index (χ1v) is 7.38. The first kappa shape index (κ1) is 15.3. The highest BCUT2D eigenvalue weighted by atomic mass is 16.5. The van der Waals surface area contributed by atoms with E-state index in [2.05, 4.69) is 32.9 Å². The van der Waals surface area contributed by atoms with Gasteiger partial charge in [0.15, 0.2) is 0 Å². The molecule has 0 saturated carbocycles. The van der Waals surface area contributed by atoms with Crippen LogP contribution in [0.25, 0.3) is 11.1 Å². The van der Waals surface area contributed by atoms with Crippen LogP contribution in [0.15, 0.2) is 36.4 Å². The summed E-state index contributed by atoms with van der Waals surface area (Å²) in [6.45, 7) is 8.24. The number of carbonyl (C=O) groups excluding carboxylic acids is 1. The summed E-state index contributed by atoms with van der Waals surface area (Å²) in [6, 6.07) is 12.1. The van der Waals surface area contributed by atoms with Crippen molar-refractivity contribution in [2.75, 3.05) is 0 Å². The number of ether oxygens (including phenoxy) is 1. The monoisotopic (exact) mass is 282 g/mol. The van der Waals surface area contributed by atoms with Gasteiger partial charge >= 0.3 is 0 Å². The van der Waals surface area contributed by atoms with Crippen molar-refractivity contribution in [3.63, 3.8) is 0 Å². The van der Waals surface area contributed by atoms with E-state index in [0.717, 1.165) is 40.7 Å². The Morgan fingerprint density at radius 1 is 1.10 bits per heavy atom. The molecule has 0 amide bonds. The maximum Gasteiger partial charge on any atom is 0.150 e. The molecule has 0 aliphatic heterocycles. The summed E-state index contributed by atoms with van der Waals surface area (Å²) >= 11 is 0. The van der Waals surface area contributed by atoms with Gasteiger partial charge in [-0.2, -0.15) is 0 Å². The van der Waals surface area contributed by atoms with Gasteiger partial charge in [-0.1, -0.05) is 19.1 Å². The number of hydrogen-bond acceptors (Lipinski definition) is 2. The van der Waals surface area contributed by atoms with Crippen LogP contribution in [0.3, 0.4) is 0 Å². The average molecular weight is 282 g/mol. The predicted octanol–water partition coefficient (Wildman–Crippen LogP) is 4.96. The summed E-state index contributed by atoms with van der Waals surface area (Å²) in [4.78, 5) is 11.0. The van der Waals surface area contributed by atoms with E-state index >= 15 is 0 Å². The van der Waals surface area contributed by atoms with Crippen LogP contribution < -0.4 is 4.74 Å². The van der Waals surface area contributed by atoms with Crippen LogP contribution in [0.2, 0.25) is 0 Å². The summed E-state index contributed by atoms with van der Waals surface area (Å²) in [5.74, 6) is 0.927. The van der Waals surface area contributed by atoms with Crippen LogP contribution in [0.4, 0.5) is 0 Å². The first-order valence-electron chi connectivity index (χ1n) is 7.38. The lowest BCUT2D eigenvalue weighted by molar-refractivity contribution is 0.112. The zero-order valence-electron chi connectivity index (χ0n) is 13.1. The molecule has 0 bridgehead atoms. The lowest BCUT2D eigenvalue weighted by Gasteiger charge is -2.15. The molecule has 2 rings (SSSR count). The van der Waals surface area contributed by atoms with E-state index < -0.39 is 0 Å². The van der Waals surface area contributed by atoms with Crippen molar-refractivity contribution in [2.45, 2.75) is 40.2 Å². The molecule has 2 heteroatoms. The second kappa shape index (κ2) is 6.57. The van der Waals surface area contributed by atoms with Gasteiger partial charge in [0, 0.05) is 5.56 Å². The summed E-state index contributed by atoms with van der Waals surface area (Å²) in [6.07, 6.45) is 2.10. The molecule has 0 N–H and O–H groups in total. The Bertz CT molecular complexity index is 644. The quantitative estimate of drug-likeness (QED) is 0.724. The molecule has 110 valence electrons. The van der Waals surface area contributed by atoms with Gasteiger partial charge in [-0.15, -0.1) is 0 Å². The summed E-state index contributed by atoms with van der Waals surface area (Å²) < 4.78 is 5.90. The van der Waals surface area contributed by atoms with E-state index in [-0.39, 0.29) is 6.10 Å². The maximum absolute atomic E-state index is 11.0. The van der Waals surface area contributed by atoms with E-state index in [1.807, 2.05) is 31.2 Å². The third kappa shape index (κ3) is 3.72. The number of aryl methyl sites for hydroxylation is 2. The van der Waals surface area contributed by atoms with Crippen LogP contribution >= 0.6 is 0 Å². The highest BCUT2D eigenvalue weighted by Gasteiger charge is 2.07. The van der Waals surface area contributed by atoms with Crippen molar-refractivity contribution in [1.29, 1.82) is 0 Å². The highest BCUT2D eigenvalue weighted by molar-refractivity contribution is 5.79. The van der Waals surface area contributed by atoms with Gasteiger partial charge in [0.25, 0.3) is 0 Å².